The Morgan fingerprint density at radius 3 is 2.48 bits per heavy atom. The van der Waals surface area contributed by atoms with Gasteiger partial charge in [-0.15, -0.1) is 0 Å². The molecule has 2 rings (SSSR count). The highest BCUT2D eigenvalue weighted by Crippen LogP contribution is 2.23. The third kappa shape index (κ3) is 3.38. The van der Waals surface area contributed by atoms with E-state index in [9.17, 15) is 14.9 Å². The number of hydrogen-bond acceptors (Lipinski definition) is 3. The lowest BCUT2D eigenvalue weighted by atomic mass is 10.1. The molecule has 6 heteroatoms. The summed E-state index contributed by atoms with van der Waals surface area (Å²) in [7, 11) is 0. The molecule has 0 aliphatic rings. The first kappa shape index (κ1) is 15.0. The minimum Gasteiger partial charge on any atom is -0.322 e. The van der Waals surface area contributed by atoms with Gasteiger partial charge in [-0.1, -0.05) is 17.7 Å². The number of nitro groups is 1. The maximum Gasteiger partial charge on any atom is 0.269 e. The molecule has 108 valence electrons. The van der Waals surface area contributed by atoms with E-state index in [0.717, 1.165) is 5.56 Å². The Bertz CT molecular complexity index is 729. The number of nitro benzene ring substituents is 1. The first-order valence-corrected chi connectivity index (χ1v) is 6.59. The molecule has 0 aliphatic heterocycles. The minimum atomic E-state index is -0.477. The van der Waals surface area contributed by atoms with Gasteiger partial charge in [-0.25, -0.2) is 0 Å². The number of halogens is 1. The highest BCUT2D eigenvalue weighted by molar-refractivity contribution is 6.34. The number of carbonyl (C=O) groups is 1. The van der Waals surface area contributed by atoms with Gasteiger partial charge in [0.05, 0.1) is 15.5 Å². The van der Waals surface area contributed by atoms with E-state index in [-0.39, 0.29) is 11.6 Å². The van der Waals surface area contributed by atoms with Crippen molar-refractivity contribution < 1.29 is 9.72 Å². The van der Waals surface area contributed by atoms with Crippen molar-refractivity contribution >= 4 is 28.9 Å². The van der Waals surface area contributed by atoms with E-state index in [1.54, 1.807) is 25.1 Å². The second-order valence-corrected chi connectivity index (χ2v) is 5.10. The summed E-state index contributed by atoms with van der Waals surface area (Å²) in [6.45, 7) is 3.58. The molecule has 0 heterocycles. The van der Waals surface area contributed by atoms with Crippen LogP contribution in [0.2, 0.25) is 5.02 Å². The van der Waals surface area contributed by atoms with Crippen molar-refractivity contribution in [3.05, 3.63) is 68.2 Å². The Morgan fingerprint density at radius 2 is 1.90 bits per heavy atom. The highest BCUT2D eigenvalue weighted by atomic mass is 35.5. The molecule has 21 heavy (non-hydrogen) atoms. The Balaban J connectivity index is 2.25. The molecule has 0 fully saturated rings. The summed E-state index contributed by atoms with van der Waals surface area (Å²) >= 11 is 6.05. The predicted octanol–water partition coefficient (Wildman–Crippen LogP) is 4.12. The Labute approximate surface area is 126 Å². The molecule has 0 saturated carbocycles. The average Bonchev–Trinajstić information content (AvgIpc) is 2.40. The summed E-state index contributed by atoms with van der Waals surface area (Å²) in [5.74, 6) is -0.350. The van der Waals surface area contributed by atoms with Crippen LogP contribution in [0.15, 0.2) is 36.4 Å². The number of amides is 1. The fourth-order valence-corrected chi connectivity index (χ4v) is 2.22. The van der Waals surface area contributed by atoms with E-state index in [4.69, 9.17) is 11.6 Å². The van der Waals surface area contributed by atoms with Crippen molar-refractivity contribution in [2.24, 2.45) is 0 Å². The SMILES string of the molecule is Cc1ccc(C(=O)Nc2ccc([N+](=O)[O-])cc2C)c(Cl)c1. The lowest BCUT2D eigenvalue weighted by Gasteiger charge is -2.09. The largest absolute Gasteiger partial charge is 0.322 e. The average molecular weight is 305 g/mol. The summed E-state index contributed by atoms with van der Waals surface area (Å²) < 4.78 is 0. The maximum atomic E-state index is 12.2. The smallest absolute Gasteiger partial charge is 0.269 e. The van der Waals surface area contributed by atoms with Gasteiger partial charge >= 0.3 is 0 Å². The monoisotopic (exact) mass is 304 g/mol. The van der Waals surface area contributed by atoms with E-state index in [0.29, 0.717) is 21.8 Å². The maximum absolute atomic E-state index is 12.2. The summed E-state index contributed by atoms with van der Waals surface area (Å²) in [5.41, 5.74) is 2.44. The molecule has 0 spiro atoms. The molecule has 0 aromatic heterocycles. The van der Waals surface area contributed by atoms with E-state index >= 15 is 0 Å². The topological polar surface area (TPSA) is 72.2 Å². The molecule has 1 N–H and O–H groups in total. The molecule has 0 aliphatic carbocycles. The van der Waals surface area contributed by atoms with Crippen molar-refractivity contribution in [3.63, 3.8) is 0 Å². The zero-order chi connectivity index (χ0) is 15.6. The van der Waals surface area contributed by atoms with Gasteiger partial charge in [0.25, 0.3) is 11.6 Å². The molecule has 0 radical (unpaired) electrons. The number of benzene rings is 2. The molecular formula is C15H13ClN2O3. The minimum absolute atomic E-state index is 0.0149. The first-order chi connectivity index (χ1) is 9.88. The molecule has 5 nitrogen and oxygen atoms in total. The van der Waals surface area contributed by atoms with Gasteiger partial charge in [0.1, 0.15) is 0 Å². The second kappa shape index (κ2) is 5.93. The third-order valence-corrected chi connectivity index (χ3v) is 3.35. The van der Waals surface area contributed by atoms with Gasteiger partial charge < -0.3 is 5.32 Å². The fourth-order valence-electron chi connectivity index (χ4n) is 1.90. The molecule has 2 aromatic rings. The normalized spacial score (nSPS) is 10.2. The van der Waals surface area contributed by atoms with Crippen molar-refractivity contribution in [2.75, 3.05) is 5.32 Å². The third-order valence-electron chi connectivity index (χ3n) is 3.04. The van der Waals surface area contributed by atoms with Crippen LogP contribution in [0.4, 0.5) is 11.4 Å². The predicted molar refractivity (Wildman–Crippen MR) is 82.0 cm³/mol. The number of rotatable bonds is 3. The Kier molecular flexibility index (Phi) is 4.23. The lowest BCUT2D eigenvalue weighted by molar-refractivity contribution is -0.384. The van der Waals surface area contributed by atoms with Crippen LogP contribution < -0.4 is 5.32 Å². The fraction of sp³-hybridized carbons (Fsp3) is 0.133. The zero-order valence-corrected chi connectivity index (χ0v) is 12.3. The molecule has 0 saturated heterocycles. The van der Waals surface area contributed by atoms with Crippen molar-refractivity contribution in [3.8, 4) is 0 Å². The number of nitrogens with one attached hydrogen (secondary N) is 1. The van der Waals surface area contributed by atoms with Gasteiger partial charge in [-0.3, -0.25) is 14.9 Å². The van der Waals surface area contributed by atoms with Gasteiger partial charge in [-0.05, 0) is 43.2 Å². The van der Waals surface area contributed by atoms with Crippen LogP contribution in [0.1, 0.15) is 21.5 Å². The van der Waals surface area contributed by atoms with Crippen molar-refractivity contribution in [2.45, 2.75) is 13.8 Å². The second-order valence-electron chi connectivity index (χ2n) is 4.69. The lowest BCUT2D eigenvalue weighted by Crippen LogP contribution is -2.13. The van der Waals surface area contributed by atoms with Gasteiger partial charge in [0, 0.05) is 17.8 Å². The summed E-state index contributed by atoms with van der Waals surface area (Å²) in [6, 6.07) is 9.41. The number of nitrogens with zero attached hydrogens (tertiary/aromatic N) is 1. The van der Waals surface area contributed by atoms with Gasteiger partial charge in [0.2, 0.25) is 0 Å². The molecule has 0 unspecified atom stereocenters. The van der Waals surface area contributed by atoms with Crippen LogP contribution >= 0.6 is 11.6 Å². The molecule has 0 atom stereocenters. The van der Waals surface area contributed by atoms with Crippen LogP contribution in [-0.4, -0.2) is 10.8 Å². The molecule has 1 amide bonds. The highest BCUT2D eigenvalue weighted by Gasteiger charge is 2.13. The van der Waals surface area contributed by atoms with Gasteiger partial charge in [0.15, 0.2) is 0 Å². The summed E-state index contributed by atoms with van der Waals surface area (Å²) in [4.78, 5) is 22.4. The number of hydrogen-bond donors (Lipinski definition) is 1. The first-order valence-electron chi connectivity index (χ1n) is 6.21. The van der Waals surface area contributed by atoms with Crippen LogP contribution in [-0.2, 0) is 0 Å². The van der Waals surface area contributed by atoms with Crippen molar-refractivity contribution in [1.82, 2.24) is 0 Å². The van der Waals surface area contributed by atoms with Gasteiger partial charge in [-0.2, -0.15) is 0 Å². The van der Waals surface area contributed by atoms with Crippen LogP contribution in [0.5, 0.6) is 0 Å². The van der Waals surface area contributed by atoms with Crippen LogP contribution in [0.25, 0.3) is 0 Å². The summed E-state index contributed by atoms with van der Waals surface area (Å²) in [5, 5.41) is 13.8. The molecular weight excluding hydrogens is 292 g/mol. The number of carbonyl (C=O) groups excluding carboxylic acids is 1. The van der Waals surface area contributed by atoms with Crippen LogP contribution in [0.3, 0.4) is 0 Å². The Morgan fingerprint density at radius 1 is 1.19 bits per heavy atom. The van der Waals surface area contributed by atoms with Crippen LogP contribution in [0, 0.1) is 24.0 Å². The standard InChI is InChI=1S/C15H13ClN2O3/c1-9-3-5-12(13(16)7-9)15(19)17-14-6-4-11(18(20)21)8-10(14)2/h3-8H,1-2H3,(H,17,19). The van der Waals surface area contributed by atoms with Crippen molar-refractivity contribution in [1.29, 1.82) is 0 Å². The summed E-state index contributed by atoms with van der Waals surface area (Å²) in [6.07, 6.45) is 0. The molecule has 0 bridgehead atoms. The number of aryl methyl sites for hydroxylation is 2. The number of anilines is 1. The zero-order valence-electron chi connectivity index (χ0n) is 11.5. The van der Waals surface area contributed by atoms with E-state index < -0.39 is 4.92 Å². The number of non-ortho nitro benzene ring substituents is 1. The van der Waals surface area contributed by atoms with E-state index in [1.165, 1.54) is 18.2 Å². The van der Waals surface area contributed by atoms with E-state index in [1.807, 2.05) is 6.92 Å². The molecule has 2 aromatic carbocycles. The quantitative estimate of drug-likeness (QED) is 0.685. The Hall–Kier alpha value is -2.40. The van der Waals surface area contributed by atoms with E-state index in [2.05, 4.69) is 5.32 Å².